The van der Waals surface area contributed by atoms with Crippen molar-refractivity contribution in [2.45, 2.75) is 38.0 Å². The fraction of sp³-hybridized carbons (Fsp3) is 0.286. The molecule has 1 aliphatic rings. The minimum Gasteiger partial charge on any atom is -0.364 e. The van der Waals surface area contributed by atoms with Crippen molar-refractivity contribution >= 4 is 11.5 Å². The number of alkyl halides is 3. The number of rotatable bonds is 5. The third-order valence-corrected chi connectivity index (χ3v) is 5.42. The highest BCUT2D eigenvalue weighted by Gasteiger charge is 2.27. The molecule has 6 nitrogen and oxygen atoms in total. The highest BCUT2D eigenvalue weighted by Crippen LogP contribution is 2.28. The van der Waals surface area contributed by atoms with Gasteiger partial charge in [-0.05, 0) is 43.5 Å². The highest BCUT2D eigenvalue weighted by atomic mass is 19.3. The summed E-state index contributed by atoms with van der Waals surface area (Å²) in [7, 11) is 0. The van der Waals surface area contributed by atoms with E-state index < -0.39 is 12.7 Å². The molecule has 0 radical (unpaired) electrons. The average molecular weight is 412 g/mol. The maximum Gasteiger partial charge on any atom is 0.333 e. The number of nitrogens with one attached hydrogen (secondary N) is 1. The van der Waals surface area contributed by atoms with E-state index in [0.29, 0.717) is 33.8 Å². The van der Waals surface area contributed by atoms with Gasteiger partial charge in [-0.15, -0.1) is 0 Å². The van der Waals surface area contributed by atoms with E-state index in [9.17, 15) is 13.2 Å². The van der Waals surface area contributed by atoms with Crippen molar-refractivity contribution in [3.63, 3.8) is 0 Å². The van der Waals surface area contributed by atoms with Gasteiger partial charge in [0.25, 0.3) is 0 Å². The molecule has 4 aromatic heterocycles. The molecule has 9 heteroatoms. The molecule has 2 atom stereocenters. The Morgan fingerprint density at radius 1 is 1.03 bits per heavy atom. The molecule has 1 N–H and O–H groups in total. The van der Waals surface area contributed by atoms with Crippen LogP contribution in [-0.4, -0.2) is 36.4 Å². The standard InChI is InChI=1S/C21H19F3N6/c22-15-3-1-4-16(15)27-19-6-2-5-17(28-19)18-10-25-20-8-7-13(11-29(18)20)14-9-26-30(12-14)21(23)24/h2,5-12,15-16,21H,1,3-4H2,(H,27,28)/t15-,16-/m0/s1. The van der Waals surface area contributed by atoms with E-state index in [-0.39, 0.29) is 6.04 Å². The van der Waals surface area contributed by atoms with Crippen molar-refractivity contribution in [3.05, 3.63) is 55.1 Å². The molecule has 1 saturated carbocycles. The monoisotopic (exact) mass is 412 g/mol. The fourth-order valence-corrected chi connectivity index (χ4v) is 3.86. The Kier molecular flexibility index (Phi) is 4.65. The fourth-order valence-electron chi connectivity index (χ4n) is 3.86. The van der Waals surface area contributed by atoms with Gasteiger partial charge >= 0.3 is 6.55 Å². The Balaban J connectivity index is 1.49. The van der Waals surface area contributed by atoms with Gasteiger partial charge in [0, 0.05) is 23.5 Å². The largest absolute Gasteiger partial charge is 0.364 e. The lowest BCUT2D eigenvalue weighted by Crippen LogP contribution is -2.25. The topological polar surface area (TPSA) is 60.0 Å². The number of hydrogen-bond acceptors (Lipinski definition) is 4. The van der Waals surface area contributed by atoms with E-state index in [2.05, 4.69) is 20.4 Å². The summed E-state index contributed by atoms with van der Waals surface area (Å²) in [6.07, 6.45) is 7.62. The van der Waals surface area contributed by atoms with Crippen LogP contribution in [0.4, 0.5) is 19.0 Å². The lowest BCUT2D eigenvalue weighted by atomic mass is 10.1. The Hall–Kier alpha value is -3.36. The van der Waals surface area contributed by atoms with Crippen molar-refractivity contribution in [1.29, 1.82) is 0 Å². The molecule has 0 amide bonds. The van der Waals surface area contributed by atoms with Crippen LogP contribution in [0, 0.1) is 0 Å². The summed E-state index contributed by atoms with van der Waals surface area (Å²) in [6.45, 7) is -2.69. The summed E-state index contributed by atoms with van der Waals surface area (Å²) in [6, 6.07) is 8.95. The quantitative estimate of drug-likeness (QED) is 0.504. The molecule has 154 valence electrons. The number of hydrogen-bond donors (Lipinski definition) is 1. The number of nitrogens with zero attached hydrogens (tertiary/aromatic N) is 5. The van der Waals surface area contributed by atoms with Crippen molar-refractivity contribution in [1.82, 2.24) is 24.1 Å². The van der Waals surface area contributed by atoms with Crippen LogP contribution >= 0.6 is 0 Å². The summed E-state index contributed by atoms with van der Waals surface area (Å²) < 4.78 is 42.1. The molecule has 0 bridgehead atoms. The molecule has 0 aliphatic heterocycles. The van der Waals surface area contributed by atoms with Crippen LogP contribution in [-0.2, 0) is 0 Å². The minimum absolute atomic E-state index is 0.215. The van der Waals surface area contributed by atoms with Crippen LogP contribution in [0.5, 0.6) is 0 Å². The molecule has 0 aromatic carbocycles. The molecule has 0 saturated heterocycles. The predicted molar refractivity (Wildman–Crippen MR) is 107 cm³/mol. The number of imidazole rings is 1. The van der Waals surface area contributed by atoms with Gasteiger partial charge in [0.05, 0.1) is 29.8 Å². The van der Waals surface area contributed by atoms with E-state index in [1.807, 2.05) is 40.9 Å². The molecule has 0 spiro atoms. The smallest absolute Gasteiger partial charge is 0.333 e. The van der Waals surface area contributed by atoms with E-state index >= 15 is 0 Å². The summed E-state index contributed by atoms with van der Waals surface area (Å²) in [5, 5.41) is 6.89. The summed E-state index contributed by atoms with van der Waals surface area (Å²) in [5.74, 6) is 0.617. The van der Waals surface area contributed by atoms with Crippen LogP contribution in [0.3, 0.4) is 0 Å². The first-order valence-corrected chi connectivity index (χ1v) is 9.76. The number of pyridine rings is 2. The second kappa shape index (κ2) is 7.47. The van der Waals surface area contributed by atoms with Gasteiger partial charge in [0.1, 0.15) is 17.6 Å². The Bertz CT molecular complexity index is 1180. The Morgan fingerprint density at radius 3 is 2.70 bits per heavy atom. The van der Waals surface area contributed by atoms with Crippen LogP contribution < -0.4 is 5.32 Å². The van der Waals surface area contributed by atoms with Crippen LogP contribution in [0.1, 0.15) is 25.8 Å². The van der Waals surface area contributed by atoms with Gasteiger partial charge in [-0.3, -0.25) is 4.40 Å². The Morgan fingerprint density at radius 2 is 1.93 bits per heavy atom. The number of fused-ring (bicyclic) bond motifs is 1. The molecule has 4 aromatic rings. The molecular formula is C21H19F3N6. The molecule has 0 unspecified atom stereocenters. The lowest BCUT2D eigenvalue weighted by molar-refractivity contribution is 0.0566. The zero-order valence-electron chi connectivity index (χ0n) is 15.9. The molecule has 4 heterocycles. The number of aromatic nitrogens is 5. The zero-order chi connectivity index (χ0) is 20.7. The van der Waals surface area contributed by atoms with Crippen LogP contribution in [0.25, 0.3) is 28.2 Å². The lowest BCUT2D eigenvalue weighted by Gasteiger charge is -2.16. The number of halogens is 3. The average Bonchev–Trinajstić information content (AvgIpc) is 3.48. The zero-order valence-corrected chi connectivity index (χ0v) is 15.9. The summed E-state index contributed by atoms with van der Waals surface area (Å²) in [5.41, 5.74) is 3.45. The summed E-state index contributed by atoms with van der Waals surface area (Å²) >= 11 is 0. The molecule has 1 aliphatic carbocycles. The predicted octanol–water partition coefficient (Wildman–Crippen LogP) is 4.96. The van der Waals surface area contributed by atoms with Crippen molar-refractivity contribution in [2.75, 3.05) is 5.32 Å². The SMILES string of the molecule is FC(F)n1cc(-c2ccc3ncc(-c4cccc(N[C@H]5CCC[C@@H]5F)n4)n3c2)cn1. The van der Waals surface area contributed by atoms with Gasteiger partial charge in [-0.2, -0.15) is 13.9 Å². The van der Waals surface area contributed by atoms with Gasteiger partial charge in [-0.1, -0.05) is 6.07 Å². The van der Waals surface area contributed by atoms with Gasteiger partial charge in [0.2, 0.25) is 0 Å². The molecular weight excluding hydrogens is 393 g/mol. The maximum absolute atomic E-state index is 14.0. The molecule has 30 heavy (non-hydrogen) atoms. The first-order valence-electron chi connectivity index (χ1n) is 9.76. The van der Waals surface area contributed by atoms with Gasteiger partial charge in [0.15, 0.2) is 0 Å². The minimum atomic E-state index is -2.69. The van der Waals surface area contributed by atoms with E-state index in [1.165, 1.54) is 12.4 Å². The molecule has 5 rings (SSSR count). The van der Waals surface area contributed by atoms with Crippen LogP contribution in [0.15, 0.2) is 55.1 Å². The van der Waals surface area contributed by atoms with Crippen molar-refractivity contribution in [2.24, 2.45) is 0 Å². The second-order valence-corrected chi connectivity index (χ2v) is 7.38. The summed E-state index contributed by atoms with van der Waals surface area (Å²) in [4.78, 5) is 9.05. The number of anilines is 1. The molecule has 1 fully saturated rings. The Labute approximate surface area is 170 Å². The van der Waals surface area contributed by atoms with Crippen LogP contribution in [0.2, 0.25) is 0 Å². The maximum atomic E-state index is 14.0. The first-order chi connectivity index (χ1) is 14.6. The highest BCUT2D eigenvalue weighted by molar-refractivity contribution is 5.67. The van der Waals surface area contributed by atoms with E-state index in [0.717, 1.165) is 24.1 Å². The van der Waals surface area contributed by atoms with Gasteiger partial charge in [-0.25, -0.2) is 19.0 Å². The third-order valence-electron chi connectivity index (χ3n) is 5.42. The van der Waals surface area contributed by atoms with E-state index in [1.54, 1.807) is 6.20 Å². The normalized spacial score (nSPS) is 19.1. The first kappa shape index (κ1) is 18.7. The second-order valence-electron chi connectivity index (χ2n) is 7.38. The van der Waals surface area contributed by atoms with Crippen molar-refractivity contribution < 1.29 is 13.2 Å². The van der Waals surface area contributed by atoms with Gasteiger partial charge < -0.3 is 5.32 Å². The van der Waals surface area contributed by atoms with Crippen molar-refractivity contribution in [3.8, 4) is 22.5 Å². The van der Waals surface area contributed by atoms with E-state index in [4.69, 9.17) is 0 Å². The third kappa shape index (κ3) is 3.40.